The minimum atomic E-state index is 0.0577. The number of carbonyl (C=O) groups excluding carboxylic acids is 1. The lowest BCUT2D eigenvalue weighted by Gasteiger charge is -2.38. The van der Waals surface area contributed by atoms with Crippen LogP contribution in [0, 0.1) is 19.3 Å². The smallest absolute Gasteiger partial charge is 0.224 e. The first-order valence-electron chi connectivity index (χ1n) is 6.25. The molecule has 2 heterocycles. The molecule has 5 heteroatoms. The molecule has 1 aliphatic heterocycles. The predicted octanol–water partition coefficient (Wildman–Crippen LogP) is 0.732. The molecule has 0 bridgehead atoms. The molecule has 1 amide bonds. The number of hydrogen-bond acceptors (Lipinski definition) is 3. The summed E-state index contributed by atoms with van der Waals surface area (Å²) in [6.45, 7) is 8.21. The summed E-state index contributed by atoms with van der Waals surface area (Å²) in [6, 6.07) is 0. The van der Waals surface area contributed by atoms with Crippen molar-refractivity contribution in [3.05, 3.63) is 17.0 Å². The van der Waals surface area contributed by atoms with Crippen LogP contribution in [0.4, 0.5) is 0 Å². The van der Waals surface area contributed by atoms with E-state index in [2.05, 4.69) is 17.3 Å². The van der Waals surface area contributed by atoms with Crippen LogP contribution in [-0.4, -0.2) is 35.4 Å². The standard InChI is InChI=1S/C13H21N3O2/c1-9-11(10(2)16(4)15-9)5-12(17)14-6-13(3)7-18-8-13/h5-8H2,1-4H3,(H,14,17). The number of nitrogens with one attached hydrogen (secondary N) is 1. The van der Waals surface area contributed by atoms with Gasteiger partial charge in [0.1, 0.15) is 0 Å². The second kappa shape index (κ2) is 4.72. The average molecular weight is 251 g/mol. The van der Waals surface area contributed by atoms with E-state index >= 15 is 0 Å². The van der Waals surface area contributed by atoms with Crippen LogP contribution in [0.5, 0.6) is 0 Å². The molecule has 1 fully saturated rings. The largest absolute Gasteiger partial charge is 0.380 e. The molecule has 1 aliphatic rings. The summed E-state index contributed by atoms with van der Waals surface area (Å²) in [4.78, 5) is 11.9. The Hall–Kier alpha value is -1.36. The van der Waals surface area contributed by atoms with Gasteiger partial charge in [-0.1, -0.05) is 6.92 Å². The van der Waals surface area contributed by atoms with Gasteiger partial charge in [-0.05, 0) is 13.8 Å². The van der Waals surface area contributed by atoms with Gasteiger partial charge < -0.3 is 10.1 Å². The summed E-state index contributed by atoms with van der Waals surface area (Å²) >= 11 is 0. The summed E-state index contributed by atoms with van der Waals surface area (Å²) in [5.74, 6) is 0.0577. The fourth-order valence-electron chi connectivity index (χ4n) is 2.16. The number of aromatic nitrogens is 2. The molecule has 0 radical (unpaired) electrons. The van der Waals surface area contributed by atoms with E-state index in [1.807, 2.05) is 25.6 Å². The van der Waals surface area contributed by atoms with E-state index < -0.39 is 0 Å². The molecule has 2 rings (SSSR count). The second-order valence-electron chi connectivity index (χ2n) is 5.53. The van der Waals surface area contributed by atoms with Gasteiger partial charge in [0.05, 0.1) is 25.3 Å². The Morgan fingerprint density at radius 3 is 2.61 bits per heavy atom. The lowest BCUT2D eigenvalue weighted by molar-refractivity contribution is -0.126. The molecule has 18 heavy (non-hydrogen) atoms. The van der Waals surface area contributed by atoms with Gasteiger partial charge in [-0.3, -0.25) is 9.48 Å². The number of carbonyl (C=O) groups is 1. The molecule has 5 nitrogen and oxygen atoms in total. The average Bonchev–Trinajstić information content (AvgIpc) is 2.51. The molecular formula is C13H21N3O2. The lowest BCUT2D eigenvalue weighted by atomic mass is 9.88. The topological polar surface area (TPSA) is 56.2 Å². The molecule has 1 aromatic heterocycles. The van der Waals surface area contributed by atoms with Crippen molar-refractivity contribution in [1.29, 1.82) is 0 Å². The van der Waals surface area contributed by atoms with Crippen molar-refractivity contribution >= 4 is 5.91 Å². The maximum absolute atomic E-state index is 11.9. The third-order valence-electron chi connectivity index (χ3n) is 3.61. The molecule has 0 atom stereocenters. The van der Waals surface area contributed by atoms with Crippen LogP contribution < -0.4 is 5.32 Å². The van der Waals surface area contributed by atoms with Crippen molar-refractivity contribution < 1.29 is 9.53 Å². The Labute approximate surface area is 108 Å². The summed E-state index contributed by atoms with van der Waals surface area (Å²) in [5.41, 5.74) is 3.14. The number of hydrogen-bond donors (Lipinski definition) is 1. The Balaban J connectivity index is 1.90. The Bertz CT molecular complexity index is 461. The molecule has 0 aromatic carbocycles. The number of aryl methyl sites for hydroxylation is 2. The Morgan fingerprint density at radius 2 is 2.17 bits per heavy atom. The molecule has 0 spiro atoms. The van der Waals surface area contributed by atoms with Gasteiger partial charge in [0.15, 0.2) is 0 Å². The zero-order valence-electron chi connectivity index (χ0n) is 11.5. The number of amides is 1. The molecule has 0 aliphatic carbocycles. The van der Waals surface area contributed by atoms with E-state index in [9.17, 15) is 4.79 Å². The van der Waals surface area contributed by atoms with Crippen molar-refractivity contribution in [1.82, 2.24) is 15.1 Å². The molecule has 0 unspecified atom stereocenters. The van der Waals surface area contributed by atoms with Crippen LogP contribution in [0.2, 0.25) is 0 Å². The Kier molecular flexibility index (Phi) is 3.43. The number of rotatable bonds is 4. The van der Waals surface area contributed by atoms with Crippen LogP contribution in [0.25, 0.3) is 0 Å². The number of nitrogens with zero attached hydrogens (tertiary/aromatic N) is 2. The highest BCUT2D eigenvalue weighted by molar-refractivity contribution is 5.79. The van der Waals surface area contributed by atoms with Crippen LogP contribution in [-0.2, 0) is 23.0 Å². The first-order chi connectivity index (χ1) is 8.41. The van der Waals surface area contributed by atoms with Crippen LogP contribution in [0.1, 0.15) is 23.9 Å². The van der Waals surface area contributed by atoms with Crippen LogP contribution in [0.15, 0.2) is 0 Å². The van der Waals surface area contributed by atoms with Gasteiger partial charge >= 0.3 is 0 Å². The van der Waals surface area contributed by atoms with Gasteiger partial charge in [0.2, 0.25) is 5.91 Å². The Morgan fingerprint density at radius 1 is 1.50 bits per heavy atom. The predicted molar refractivity (Wildman–Crippen MR) is 68.3 cm³/mol. The lowest BCUT2D eigenvalue weighted by Crippen LogP contribution is -2.48. The van der Waals surface area contributed by atoms with Gasteiger partial charge in [-0.2, -0.15) is 5.10 Å². The quantitative estimate of drug-likeness (QED) is 0.858. The van der Waals surface area contributed by atoms with Crippen molar-refractivity contribution in [2.45, 2.75) is 27.2 Å². The van der Waals surface area contributed by atoms with E-state index in [4.69, 9.17) is 4.74 Å². The highest BCUT2D eigenvalue weighted by atomic mass is 16.5. The monoisotopic (exact) mass is 251 g/mol. The highest BCUT2D eigenvalue weighted by Crippen LogP contribution is 2.25. The van der Waals surface area contributed by atoms with E-state index in [-0.39, 0.29) is 11.3 Å². The van der Waals surface area contributed by atoms with E-state index in [0.717, 1.165) is 30.2 Å². The van der Waals surface area contributed by atoms with Gasteiger partial charge in [0, 0.05) is 30.3 Å². The first kappa shape index (κ1) is 13.1. The fourth-order valence-corrected chi connectivity index (χ4v) is 2.16. The van der Waals surface area contributed by atoms with Crippen molar-refractivity contribution in [2.24, 2.45) is 12.5 Å². The maximum atomic E-state index is 11.9. The van der Waals surface area contributed by atoms with E-state index in [1.54, 1.807) is 0 Å². The normalized spacial score (nSPS) is 17.3. The second-order valence-corrected chi connectivity index (χ2v) is 5.53. The molecular weight excluding hydrogens is 230 g/mol. The van der Waals surface area contributed by atoms with Crippen LogP contribution >= 0.6 is 0 Å². The van der Waals surface area contributed by atoms with Gasteiger partial charge in [-0.25, -0.2) is 0 Å². The SMILES string of the molecule is Cc1nn(C)c(C)c1CC(=O)NCC1(C)COC1. The van der Waals surface area contributed by atoms with Crippen molar-refractivity contribution in [2.75, 3.05) is 19.8 Å². The maximum Gasteiger partial charge on any atom is 0.224 e. The minimum Gasteiger partial charge on any atom is -0.380 e. The summed E-state index contributed by atoms with van der Waals surface area (Å²) in [6.07, 6.45) is 0.405. The van der Waals surface area contributed by atoms with Crippen molar-refractivity contribution in [3.8, 4) is 0 Å². The first-order valence-corrected chi connectivity index (χ1v) is 6.25. The van der Waals surface area contributed by atoms with E-state index in [1.165, 1.54) is 0 Å². The summed E-state index contributed by atoms with van der Waals surface area (Å²) < 4.78 is 6.98. The fraction of sp³-hybridized carbons (Fsp3) is 0.692. The molecule has 0 saturated carbocycles. The molecule has 100 valence electrons. The third kappa shape index (κ3) is 2.56. The number of ether oxygens (including phenoxy) is 1. The van der Waals surface area contributed by atoms with Gasteiger partial charge in [0.25, 0.3) is 0 Å². The zero-order valence-corrected chi connectivity index (χ0v) is 11.5. The van der Waals surface area contributed by atoms with Crippen molar-refractivity contribution in [3.63, 3.8) is 0 Å². The summed E-state index contributed by atoms with van der Waals surface area (Å²) in [7, 11) is 1.90. The molecule has 1 N–H and O–H groups in total. The third-order valence-corrected chi connectivity index (χ3v) is 3.61. The summed E-state index contributed by atoms with van der Waals surface area (Å²) in [5, 5.41) is 7.30. The highest BCUT2D eigenvalue weighted by Gasteiger charge is 2.33. The van der Waals surface area contributed by atoms with E-state index in [0.29, 0.717) is 13.0 Å². The van der Waals surface area contributed by atoms with Crippen LogP contribution in [0.3, 0.4) is 0 Å². The molecule has 1 aromatic rings. The minimum absolute atomic E-state index is 0.0577. The zero-order chi connectivity index (χ0) is 13.3. The van der Waals surface area contributed by atoms with Gasteiger partial charge in [-0.15, -0.1) is 0 Å². The molecule has 1 saturated heterocycles.